The number of amides is 2. The Kier molecular flexibility index (Phi) is 6.74. The number of H-pyrrole nitrogens is 1. The van der Waals surface area contributed by atoms with Gasteiger partial charge in [-0.1, -0.05) is 23.7 Å². The maximum Gasteiger partial charge on any atom is 0.286 e. The van der Waals surface area contributed by atoms with Crippen molar-refractivity contribution in [1.82, 2.24) is 15.8 Å². The molecule has 3 rings (SSSR count). The fourth-order valence-corrected chi connectivity index (χ4v) is 3.41. The number of Topliss-reactive ketones (excluding diaryl/α,β-unsaturated/α-hetero) is 1. The van der Waals surface area contributed by atoms with Crippen LogP contribution in [0.3, 0.4) is 0 Å². The van der Waals surface area contributed by atoms with Gasteiger partial charge in [0.2, 0.25) is 0 Å². The number of aromatic nitrogens is 1. The molecule has 2 aromatic carbocycles. The Hall–Kier alpha value is -3.03. The van der Waals surface area contributed by atoms with Crippen LogP contribution in [0.5, 0.6) is 0 Å². The van der Waals surface area contributed by atoms with E-state index in [1.54, 1.807) is 23.9 Å². The second-order valence-corrected chi connectivity index (χ2v) is 7.69. The molecule has 0 unspecified atom stereocenters. The largest absolute Gasteiger partial charge is 0.356 e. The molecule has 0 aliphatic heterocycles. The van der Waals surface area contributed by atoms with Crippen molar-refractivity contribution in [3.8, 4) is 0 Å². The van der Waals surface area contributed by atoms with Crippen LogP contribution < -0.4 is 10.9 Å². The molecule has 8 heteroatoms. The molecule has 0 aliphatic carbocycles. The first kappa shape index (κ1) is 20.7. The van der Waals surface area contributed by atoms with Gasteiger partial charge in [0.1, 0.15) is 5.69 Å². The number of halogens is 1. The van der Waals surface area contributed by atoms with Crippen LogP contribution in [0.1, 0.15) is 43.7 Å². The number of ketones is 1. The Morgan fingerprint density at radius 3 is 2.21 bits per heavy atom. The summed E-state index contributed by atoms with van der Waals surface area (Å²) in [6.45, 7) is 1.41. The highest BCUT2D eigenvalue weighted by Crippen LogP contribution is 2.24. The van der Waals surface area contributed by atoms with Crippen LogP contribution in [-0.2, 0) is 5.75 Å². The molecular weight excluding hydrogens is 410 g/mol. The van der Waals surface area contributed by atoms with Crippen LogP contribution in [-0.4, -0.2) is 22.6 Å². The van der Waals surface area contributed by atoms with Gasteiger partial charge < -0.3 is 4.98 Å². The maximum atomic E-state index is 12.2. The van der Waals surface area contributed by atoms with Gasteiger partial charge in [0, 0.05) is 33.0 Å². The van der Waals surface area contributed by atoms with Crippen molar-refractivity contribution < 1.29 is 14.4 Å². The number of benzene rings is 2. The Morgan fingerprint density at radius 1 is 0.931 bits per heavy atom. The molecule has 1 aromatic heterocycles. The number of hydrazine groups is 1. The van der Waals surface area contributed by atoms with Gasteiger partial charge in [0.15, 0.2) is 5.78 Å². The van der Waals surface area contributed by atoms with Crippen molar-refractivity contribution in [3.05, 3.63) is 88.2 Å². The fraction of sp³-hybridized carbons (Fsp3) is 0.0952. The minimum absolute atomic E-state index is 0.154. The van der Waals surface area contributed by atoms with E-state index < -0.39 is 11.8 Å². The highest BCUT2D eigenvalue weighted by Gasteiger charge is 2.12. The lowest BCUT2D eigenvalue weighted by Gasteiger charge is -2.07. The minimum Gasteiger partial charge on any atom is -0.356 e. The standard InChI is InChI=1S/C21H18ClN3O3S/c1-13(26)16-10-19(23-11-16)21(28)25-24-20(27)15-4-2-14(3-5-15)12-29-18-8-6-17(22)7-9-18/h2-11,23H,12H2,1H3,(H,24,27)(H,25,28). The average molecular weight is 428 g/mol. The Bertz CT molecular complexity index is 1030. The highest BCUT2D eigenvalue weighted by atomic mass is 35.5. The molecule has 0 radical (unpaired) electrons. The molecule has 2 amide bonds. The number of carbonyl (C=O) groups excluding carboxylic acids is 3. The van der Waals surface area contributed by atoms with Gasteiger partial charge >= 0.3 is 0 Å². The molecule has 29 heavy (non-hydrogen) atoms. The second-order valence-electron chi connectivity index (χ2n) is 6.21. The third kappa shape index (κ3) is 5.73. The third-order valence-electron chi connectivity index (χ3n) is 4.06. The first-order valence-corrected chi connectivity index (χ1v) is 10.1. The normalized spacial score (nSPS) is 10.4. The summed E-state index contributed by atoms with van der Waals surface area (Å²) in [6, 6.07) is 16.2. The van der Waals surface area contributed by atoms with Crippen molar-refractivity contribution >= 4 is 41.0 Å². The van der Waals surface area contributed by atoms with Gasteiger partial charge in [0.05, 0.1) is 0 Å². The molecule has 0 bridgehead atoms. The summed E-state index contributed by atoms with van der Waals surface area (Å²) in [5.41, 5.74) is 6.74. The van der Waals surface area contributed by atoms with Crippen molar-refractivity contribution in [2.24, 2.45) is 0 Å². The van der Waals surface area contributed by atoms with Gasteiger partial charge in [-0.15, -0.1) is 11.8 Å². The number of thioether (sulfide) groups is 1. The molecule has 6 nitrogen and oxygen atoms in total. The third-order valence-corrected chi connectivity index (χ3v) is 5.39. The number of aromatic amines is 1. The molecular formula is C21H18ClN3O3S. The first-order valence-electron chi connectivity index (χ1n) is 8.70. The van der Waals surface area contributed by atoms with E-state index in [2.05, 4.69) is 15.8 Å². The number of rotatable bonds is 6. The van der Waals surface area contributed by atoms with Crippen molar-refractivity contribution in [1.29, 1.82) is 0 Å². The second kappa shape index (κ2) is 9.45. The van der Waals surface area contributed by atoms with E-state index in [0.717, 1.165) is 16.2 Å². The van der Waals surface area contributed by atoms with Crippen molar-refractivity contribution in [2.45, 2.75) is 17.6 Å². The van der Waals surface area contributed by atoms with E-state index in [1.165, 1.54) is 19.2 Å². The smallest absolute Gasteiger partial charge is 0.286 e. The fourth-order valence-electron chi connectivity index (χ4n) is 2.43. The zero-order valence-corrected chi connectivity index (χ0v) is 17.1. The van der Waals surface area contributed by atoms with Gasteiger partial charge in [0.25, 0.3) is 11.8 Å². The Balaban J connectivity index is 1.51. The monoisotopic (exact) mass is 427 g/mol. The van der Waals surface area contributed by atoms with Gasteiger partial charge in [-0.2, -0.15) is 0 Å². The van der Waals surface area contributed by atoms with E-state index in [1.807, 2.05) is 36.4 Å². The topological polar surface area (TPSA) is 91.1 Å². The summed E-state index contributed by atoms with van der Waals surface area (Å²) in [5, 5.41) is 0.701. The summed E-state index contributed by atoms with van der Waals surface area (Å²) >= 11 is 7.55. The number of nitrogens with one attached hydrogen (secondary N) is 3. The lowest BCUT2D eigenvalue weighted by Crippen LogP contribution is -2.41. The molecule has 0 aliphatic rings. The quantitative estimate of drug-likeness (QED) is 0.312. The molecule has 0 fully saturated rings. The molecule has 0 saturated carbocycles. The number of hydrogen-bond donors (Lipinski definition) is 3. The molecule has 3 N–H and O–H groups in total. The van der Waals surface area contributed by atoms with Crippen molar-refractivity contribution in [3.63, 3.8) is 0 Å². The predicted molar refractivity (Wildman–Crippen MR) is 113 cm³/mol. The molecule has 0 spiro atoms. The first-order chi connectivity index (χ1) is 13.9. The van der Waals surface area contributed by atoms with Crippen LogP contribution in [0.15, 0.2) is 65.7 Å². The summed E-state index contributed by atoms with van der Waals surface area (Å²) in [5.74, 6) is -0.375. The minimum atomic E-state index is -0.540. The molecule has 148 valence electrons. The van der Waals surface area contributed by atoms with E-state index in [0.29, 0.717) is 16.1 Å². The molecule has 3 aromatic rings. The summed E-state index contributed by atoms with van der Waals surface area (Å²) in [6.07, 6.45) is 1.44. The summed E-state index contributed by atoms with van der Waals surface area (Å²) < 4.78 is 0. The zero-order valence-electron chi connectivity index (χ0n) is 15.5. The lowest BCUT2D eigenvalue weighted by molar-refractivity contribution is 0.0844. The zero-order chi connectivity index (χ0) is 20.8. The summed E-state index contributed by atoms with van der Waals surface area (Å²) in [7, 11) is 0. The van der Waals surface area contributed by atoms with Crippen LogP contribution in [0, 0.1) is 0 Å². The van der Waals surface area contributed by atoms with Crippen molar-refractivity contribution in [2.75, 3.05) is 0 Å². The number of carbonyl (C=O) groups is 3. The van der Waals surface area contributed by atoms with E-state index >= 15 is 0 Å². The van der Waals surface area contributed by atoms with E-state index in [-0.39, 0.29) is 11.5 Å². The predicted octanol–water partition coefficient (Wildman–Crippen LogP) is 4.24. The number of hydrogen-bond acceptors (Lipinski definition) is 4. The maximum absolute atomic E-state index is 12.2. The summed E-state index contributed by atoms with van der Waals surface area (Å²) in [4.78, 5) is 39.3. The van der Waals surface area contributed by atoms with Crippen LogP contribution in [0.4, 0.5) is 0 Å². The van der Waals surface area contributed by atoms with Crippen LogP contribution in [0.25, 0.3) is 0 Å². The van der Waals surface area contributed by atoms with Gasteiger partial charge in [-0.05, 0) is 55.0 Å². The van der Waals surface area contributed by atoms with E-state index in [4.69, 9.17) is 11.6 Å². The molecule has 1 heterocycles. The lowest BCUT2D eigenvalue weighted by atomic mass is 10.1. The Labute approximate surface area is 177 Å². The van der Waals surface area contributed by atoms with Gasteiger partial charge in [-0.3, -0.25) is 25.2 Å². The average Bonchev–Trinajstić information content (AvgIpc) is 3.22. The SMILES string of the molecule is CC(=O)c1c[nH]c(C(=O)NNC(=O)c2ccc(CSc3ccc(Cl)cc3)cc2)c1. The van der Waals surface area contributed by atoms with E-state index in [9.17, 15) is 14.4 Å². The van der Waals surface area contributed by atoms with Crippen LogP contribution in [0.2, 0.25) is 5.02 Å². The molecule has 0 atom stereocenters. The van der Waals surface area contributed by atoms with Crippen LogP contribution >= 0.6 is 23.4 Å². The molecule has 0 saturated heterocycles. The Morgan fingerprint density at radius 2 is 1.59 bits per heavy atom. The highest BCUT2D eigenvalue weighted by molar-refractivity contribution is 7.98. The van der Waals surface area contributed by atoms with Gasteiger partial charge in [-0.25, -0.2) is 0 Å².